The minimum absolute atomic E-state index is 0.372. The summed E-state index contributed by atoms with van der Waals surface area (Å²) in [6.07, 6.45) is 5.14. The number of carbonyl (C=O) groups is 1. The van der Waals surface area contributed by atoms with Gasteiger partial charge in [0.2, 0.25) is 0 Å². The van der Waals surface area contributed by atoms with Crippen molar-refractivity contribution in [2.45, 2.75) is 38.3 Å². The molecule has 2 N–H and O–H groups in total. The lowest BCUT2D eigenvalue weighted by atomic mass is 10.1. The molecule has 4 nitrogen and oxygen atoms in total. The van der Waals surface area contributed by atoms with Crippen LogP contribution in [0.3, 0.4) is 0 Å². The lowest BCUT2D eigenvalue weighted by molar-refractivity contribution is 0.0698. The number of nitrogens with one attached hydrogen (secondary N) is 1. The molecule has 106 valence electrons. The molecule has 0 atom stereocenters. The Bertz CT molecular complexity index is 639. The van der Waals surface area contributed by atoms with Gasteiger partial charge in [-0.15, -0.1) is 0 Å². The zero-order valence-electron chi connectivity index (χ0n) is 11.7. The molecule has 0 amide bonds. The second-order valence-corrected chi connectivity index (χ2v) is 5.61. The van der Waals surface area contributed by atoms with Crippen molar-refractivity contribution in [1.82, 2.24) is 9.88 Å². The van der Waals surface area contributed by atoms with Gasteiger partial charge in [0.05, 0.1) is 11.1 Å². The Labute approximate surface area is 118 Å². The lowest BCUT2D eigenvalue weighted by Gasteiger charge is -2.12. The van der Waals surface area contributed by atoms with Crippen LogP contribution in [0.15, 0.2) is 24.3 Å². The summed E-state index contributed by atoms with van der Waals surface area (Å²) in [6, 6.07) is 8.15. The smallest absolute Gasteiger partial charge is 0.337 e. The number of aryl methyl sites for hydroxylation is 1. The molecular weight excluding hydrogens is 252 g/mol. The molecule has 1 aliphatic rings. The fourth-order valence-electron chi connectivity index (χ4n) is 3.19. The molecule has 0 bridgehead atoms. The summed E-state index contributed by atoms with van der Waals surface area (Å²) < 4.78 is 2.00. The predicted molar refractivity (Wildman–Crippen MR) is 79.0 cm³/mol. The maximum Gasteiger partial charge on any atom is 0.337 e. The molecule has 20 heavy (non-hydrogen) atoms. The molecule has 0 saturated heterocycles. The second-order valence-electron chi connectivity index (χ2n) is 5.61. The number of fused-ring (bicyclic) bond motifs is 1. The summed E-state index contributed by atoms with van der Waals surface area (Å²) in [4.78, 5) is 11.3. The first-order valence-electron chi connectivity index (χ1n) is 7.21. The van der Waals surface area contributed by atoms with Crippen molar-refractivity contribution in [3.05, 3.63) is 35.5 Å². The fourth-order valence-corrected chi connectivity index (χ4v) is 3.19. The van der Waals surface area contributed by atoms with Crippen LogP contribution in [0.5, 0.6) is 0 Å². The molecule has 1 aromatic carbocycles. The molecule has 1 fully saturated rings. The Morgan fingerprint density at radius 3 is 2.85 bits per heavy atom. The van der Waals surface area contributed by atoms with Gasteiger partial charge in [-0.05, 0) is 25.0 Å². The highest BCUT2D eigenvalue weighted by Gasteiger charge is 2.17. The van der Waals surface area contributed by atoms with Crippen LogP contribution in [0.1, 0.15) is 41.7 Å². The third-order valence-corrected chi connectivity index (χ3v) is 4.31. The summed E-state index contributed by atoms with van der Waals surface area (Å²) in [5.74, 6) is -0.868. The average molecular weight is 272 g/mol. The Morgan fingerprint density at radius 2 is 2.15 bits per heavy atom. The van der Waals surface area contributed by atoms with E-state index in [0.717, 1.165) is 23.1 Å². The SMILES string of the molecule is Cn1c(CNC2CCCC2)cc2cccc(C(=O)O)c21. The minimum atomic E-state index is -0.868. The van der Waals surface area contributed by atoms with Gasteiger partial charge in [-0.2, -0.15) is 0 Å². The number of aromatic nitrogens is 1. The van der Waals surface area contributed by atoms with Crippen LogP contribution in [0.2, 0.25) is 0 Å². The Hall–Kier alpha value is -1.81. The van der Waals surface area contributed by atoms with Gasteiger partial charge in [-0.3, -0.25) is 0 Å². The molecule has 1 saturated carbocycles. The fraction of sp³-hybridized carbons (Fsp3) is 0.438. The van der Waals surface area contributed by atoms with Gasteiger partial charge in [0.1, 0.15) is 0 Å². The molecule has 0 aliphatic heterocycles. The third-order valence-electron chi connectivity index (χ3n) is 4.31. The third kappa shape index (κ3) is 2.31. The van der Waals surface area contributed by atoms with Gasteiger partial charge in [-0.25, -0.2) is 4.79 Å². The first-order chi connectivity index (χ1) is 9.66. The lowest BCUT2D eigenvalue weighted by Crippen LogP contribution is -2.26. The van der Waals surface area contributed by atoms with E-state index in [1.807, 2.05) is 17.7 Å². The summed E-state index contributed by atoms with van der Waals surface area (Å²) in [5.41, 5.74) is 2.32. The quantitative estimate of drug-likeness (QED) is 0.899. The van der Waals surface area contributed by atoms with E-state index in [0.29, 0.717) is 11.6 Å². The number of nitrogens with zero attached hydrogens (tertiary/aromatic N) is 1. The highest BCUT2D eigenvalue weighted by atomic mass is 16.4. The molecule has 2 aromatic rings. The van der Waals surface area contributed by atoms with Crippen LogP contribution in [0.4, 0.5) is 0 Å². The minimum Gasteiger partial charge on any atom is -0.478 e. The summed E-state index contributed by atoms with van der Waals surface area (Å²) in [7, 11) is 1.94. The number of aromatic carboxylic acids is 1. The van der Waals surface area contributed by atoms with Gasteiger partial charge in [-0.1, -0.05) is 25.0 Å². The number of benzene rings is 1. The number of hydrogen-bond acceptors (Lipinski definition) is 2. The van der Waals surface area contributed by atoms with Crippen LogP contribution in [0.25, 0.3) is 10.9 Å². The van der Waals surface area contributed by atoms with Crippen LogP contribution < -0.4 is 5.32 Å². The number of hydrogen-bond donors (Lipinski definition) is 2. The number of para-hydroxylation sites is 1. The summed E-state index contributed by atoms with van der Waals surface area (Å²) in [5, 5.41) is 13.9. The van der Waals surface area contributed by atoms with Crippen LogP contribution >= 0.6 is 0 Å². The molecule has 1 aliphatic carbocycles. The zero-order chi connectivity index (χ0) is 14.1. The number of carboxylic acids is 1. The van der Waals surface area contributed by atoms with Gasteiger partial charge in [0, 0.05) is 30.7 Å². The standard InChI is InChI=1S/C16H20N2O2/c1-18-13(10-17-12-6-2-3-7-12)9-11-5-4-8-14(15(11)18)16(19)20/h4-5,8-9,12,17H,2-3,6-7,10H2,1H3,(H,19,20). The monoisotopic (exact) mass is 272 g/mol. The number of rotatable bonds is 4. The Kier molecular flexibility index (Phi) is 3.49. The number of carboxylic acid groups (broad SMARTS) is 1. The molecule has 0 spiro atoms. The second kappa shape index (κ2) is 5.29. The van der Waals surface area contributed by atoms with Crippen molar-refractivity contribution in [3.8, 4) is 0 Å². The summed E-state index contributed by atoms with van der Waals surface area (Å²) in [6.45, 7) is 0.801. The highest BCUT2D eigenvalue weighted by molar-refractivity contribution is 6.02. The van der Waals surface area contributed by atoms with E-state index < -0.39 is 5.97 Å². The van der Waals surface area contributed by atoms with E-state index in [2.05, 4.69) is 11.4 Å². The molecule has 1 aromatic heterocycles. The van der Waals surface area contributed by atoms with Crippen molar-refractivity contribution in [2.75, 3.05) is 0 Å². The van der Waals surface area contributed by atoms with Crippen molar-refractivity contribution in [2.24, 2.45) is 7.05 Å². The van der Waals surface area contributed by atoms with Crippen LogP contribution in [-0.4, -0.2) is 21.7 Å². The highest BCUT2D eigenvalue weighted by Crippen LogP contribution is 2.24. The average Bonchev–Trinajstić information content (AvgIpc) is 3.04. The Balaban J connectivity index is 1.90. The molecule has 4 heteroatoms. The normalized spacial score (nSPS) is 16.1. The van der Waals surface area contributed by atoms with E-state index in [-0.39, 0.29) is 0 Å². The van der Waals surface area contributed by atoms with Crippen molar-refractivity contribution < 1.29 is 9.90 Å². The van der Waals surface area contributed by atoms with Gasteiger partial charge < -0.3 is 15.0 Å². The molecule has 0 unspecified atom stereocenters. The van der Waals surface area contributed by atoms with E-state index in [9.17, 15) is 9.90 Å². The first kappa shape index (κ1) is 13.2. The molecule has 0 radical (unpaired) electrons. The van der Waals surface area contributed by atoms with Crippen molar-refractivity contribution >= 4 is 16.9 Å². The van der Waals surface area contributed by atoms with Gasteiger partial charge in [0.15, 0.2) is 0 Å². The molecular formula is C16H20N2O2. The van der Waals surface area contributed by atoms with E-state index in [4.69, 9.17) is 0 Å². The largest absolute Gasteiger partial charge is 0.478 e. The van der Waals surface area contributed by atoms with E-state index >= 15 is 0 Å². The predicted octanol–water partition coefficient (Wildman–Crippen LogP) is 2.91. The van der Waals surface area contributed by atoms with Gasteiger partial charge in [0.25, 0.3) is 0 Å². The first-order valence-corrected chi connectivity index (χ1v) is 7.21. The van der Waals surface area contributed by atoms with Gasteiger partial charge >= 0.3 is 5.97 Å². The van der Waals surface area contributed by atoms with Crippen molar-refractivity contribution in [1.29, 1.82) is 0 Å². The van der Waals surface area contributed by atoms with Crippen LogP contribution in [0, 0.1) is 0 Å². The van der Waals surface area contributed by atoms with Crippen molar-refractivity contribution in [3.63, 3.8) is 0 Å². The Morgan fingerprint density at radius 1 is 1.40 bits per heavy atom. The summed E-state index contributed by atoms with van der Waals surface area (Å²) >= 11 is 0. The topological polar surface area (TPSA) is 54.3 Å². The van der Waals surface area contributed by atoms with Crippen LogP contribution in [-0.2, 0) is 13.6 Å². The van der Waals surface area contributed by atoms with E-state index in [1.54, 1.807) is 12.1 Å². The molecule has 3 rings (SSSR count). The maximum atomic E-state index is 11.3. The molecule has 1 heterocycles. The van der Waals surface area contributed by atoms with E-state index in [1.165, 1.54) is 25.7 Å². The zero-order valence-corrected chi connectivity index (χ0v) is 11.7. The maximum absolute atomic E-state index is 11.3.